The first-order valence-corrected chi connectivity index (χ1v) is 12.2. The summed E-state index contributed by atoms with van der Waals surface area (Å²) in [6, 6.07) is 17.8. The van der Waals surface area contributed by atoms with Crippen LogP contribution >= 0.6 is 23.2 Å². The van der Waals surface area contributed by atoms with Crippen LogP contribution in [0.3, 0.4) is 0 Å². The van der Waals surface area contributed by atoms with Crippen LogP contribution in [0.4, 0.5) is 11.4 Å². The fourth-order valence-electron chi connectivity index (χ4n) is 2.93. The predicted octanol–water partition coefficient (Wildman–Crippen LogP) is 5.22. The zero-order chi connectivity index (χ0) is 23.3. The number of halogens is 2. The molecule has 2 N–H and O–H groups in total. The van der Waals surface area contributed by atoms with E-state index in [1.165, 1.54) is 30.3 Å². The molecule has 0 radical (unpaired) electrons. The summed E-state index contributed by atoms with van der Waals surface area (Å²) in [5.74, 6) is -0.689. The summed E-state index contributed by atoms with van der Waals surface area (Å²) < 4.78 is 23.4. The molecular formula is C23H20Cl2N2O4S. The predicted molar refractivity (Wildman–Crippen MR) is 127 cm³/mol. The molecule has 0 spiro atoms. The molecule has 0 fully saturated rings. The van der Waals surface area contributed by atoms with E-state index in [0.29, 0.717) is 22.8 Å². The number of aryl methyl sites for hydroxylation is 1. The van der Waals surface area contributed by atoms with Crippen molar-refractivity contribution >= 4 is 56.2 Å². The fraction of sp³-hybridized carbons (Fsp3) is 0.130. The first kappa shape index (κ1) is 23.8. The molecule has 0 aromatic heterocycles. The van der Waals surface area contributed by atoms with Crippen LogP contribution in [0.2, 0.25) is 10.0 Å². The van der Waals surface area contributed by atoms with Crippen molar-refractivity contribution in [2.45, 2.75) is 17.7 Å². The molecule has 0 aliphatic carbocycles. The SMILES string of the molecule is CS(=O)(=O)c1cccc(C(=O)Nc2ccc(NC(=O)CCc3cccc(Cl)c3)cc2Cl)c1. The van der Waals surface area contributed by atoms with Crippen LogP contribution in [0, 0.1) is 0 Å². The third kappa shape index (κ3) is 6.56. The van der Waals surface area contributed by atoms with Gasteiger partial charge in [-0.25, -0.2) is 8.42 Å². The number of hydrogen-bond acceptors (Lipinski definition) is 4. The van der Waals surface area contributed by atoms with Gasteiger partial charge in [-0.05, 0) is 60.5 Å². The lowest BCUT2D eigenvalue weighted by Gasteiger charge is -2.11. The van der Waals surface area contributed by atoms with Crippen LogP contribution < -0.4 is 10.6 Å². The Balaban J connectivity index is 1.62. The molecule has 0 aliphatic rings. The largest absolute Gasteiger partial charge is 0.326 e. The Morgan fingerprint density at radius 3 is 2.34 bits per heavy atom. The molecular weight excluding hydrogens is 471 g/mol. The highest BCUT2D eigenvalue weighted by molar-refractivity contribution is 7.90. The smallest absolute Gasteiger partial charge is 0.255 e. The van der Waals surface area contributed by atoms with Gasteiger partial charge in [0.15, 0.2) is 9.84 Å². The van der Waals surface area contributed by atoms with E-state index < -0.39 is 15.7 Å². The zero-order valence-corrected chi connectivity index (χ0v) is 19.4. The minimum Gasteiger partial charge on any atom is -0.326 e. The van der Waals surface area contributed by atoms with Gasteiger partial charge in [0, 0.05) is 29.0 Å². The topological polar surface area (TPSA) is 92.3 Å². The number of amides is 2. The van der Waals surface area contributed by atoms with Crippen LogP contribution in [0.25, 0.3) is 0 Å². The van der Waals surface area contributed by atoms with Crippen molar-refractivity contribution < 1.29 is 18.0 Å². The number of carbonyl (C=O) groups excluding carboxylic acids is 2. The molecule has 166 valence electrons. The van der Waals surface area contributed by atoms with E-state index in [9.17, 15) is 18.0 Å². The van der Waals surface area contributed by atoms with Crippen molar-refractivity contribution in [3.05, 3.63) is 87.9 Å². The van der Waals surface area contributed by atoms with Gasteiger partial charge < -0.3 is 10.6 Å². The van der Waals surface area contributed by atoms with Gasteiger partial charge >= 0.3 is 0 Å². The number of rotatable bonds is 7. The average Bonchev–Trinajstić information content (AvgIpc) is 2.74. The molecule has 0 saturated heterocycles. The maximum Gasteiger partial charge on any atom is 0.255 e. The number of anilines is 2. The molecule has 6 nitrogen and oxygen atoms in total. The highest BCUT2D eigenvalue weighted by atomic mass is 35.5. The molecule has 0 bridgehead atoms. The van der Waals surface area contributed by atoms with Crippen molar-refractivity contribution in [2.24, 2.45) is 0 Å². The quantitative estimate of drug-likeness (QED) is 0.474. The van der Waals surface area contributed by atoms with Gasteiger partial charge in [0.1, 0.15) is 0 Å². The maximum absolute atomic E-state index is 12.5. The monoisotopic (exact) mass is 490 g/mol. The minimum absolute atomic E-state index is 0.0482. The molecule has 9 heteroatoms. The summed E-state index contributed by atoms with van der Waals surface area (Å²) >= 11 is 12.2. The molecule has 32 heavy (non-hydrogen) atoms. The van der Waals surface area contributed by atoms with E-state index in [1.54, 1.807) is 18.2 Å². The molecule has 0 atom stereocenters. The van der Waals surface area contributed by atoms with E-state index in [1.807, 2.05) is 18.2 Å². The summed E-state index contributed by atoms with van der Waals surface area (Å²) in [7, 11) is -3.43. The third-order valence-corrected chi connectivity index (χ3v) is 6.21. The highest BCUT2D eigenvalue weighted by Gasteiger charge is 2.13. The van der Waals surface area contributed by atoms with Crippen LogP contribution in [0.15, 0.2) is 71.6 Å². The second kappa shape index (κ2) is 10.2. The molecule has 3 aromatic rings. The van der Waals surface area contributed by atoms with Crippen LogP contribution in [0.5, 0.6) is 0 Å². The number of sulfone groups is 1. The molecule has 0 heterocycles. The Morgan fingerprint density at radius 1 is 0.906 bits per heavy atom. The van der Waals surface area contributed by atoms with Gasteiger partial charge in [0.05, 0.1) is 15.6 Å². The molecule has 3 aromatic carbocycles. The summed E-state index contributed by atoms with van der Waals surface area (Å²) in [5, 5.41) is 6.26. The highest BCUT2D eigenvalue weighted by Crippen LogP contribution is 2.26. The first-order chi connectivity index (χ1) is 15.1. The lowest BCUT2D eigenvalue weighted by molar-refractivity contribution is -0.116. The van der Waals surface area contributed by atoms with Crippen molar-refractivity contribution in [3.8, 4) is 0 Å². The maximum atomic E-state index is 12.5. The van der Waals surface area contributed by atoms with E-state index in [-0.39, 0.29) is 27.8 Å². The number of carbonyl (C=O) groups is 2. The van der Waals surface area contributed by atoms with E-state index >= 15 is 0 Å². The Kier molecular flexibility index (Phi) is 7.56. The summed E-state index contributed by atoms with van der Waals surface area (Å²) in [4.78, 5) is 24.8. The number of hydrogen-bond donors (Lipinski definition) is 2. The standard InChI is InChI=1S/C23H20Cl2N2O4S/c1-32(30,31)19-7-3-5-16(13-19)23(29)27-21-10-9-18(14-20(21)25)26-22(28)11-8-15-4-2-6-17(24)12-15/h2-7,9-10,12-14H,8,11H2,1H3,(H,26,28)(H,27,29). The van der Waals surface area contributed by atoms with E-state index in [4.69, 9.17) is 23.2 Å². The normalized spacial score (nSPS) is 11.1. The van der Waals surface area contributed by atoms with Crippen molar-refractivity contribution in [2.75, 3.05) is 16.9 Å². The number of nitrogens with one attached hydrogen (secondary N) is 2. The molecule has 0 saturated carbocycles. The lowest BCUT2D eigenvalue weighted by Crippen LogP contribution is -2.14. The molecule has 2 amide bonds. The second-order valence-electron chi connectivity index (χ2n) is 7.13. The van der Waals surface area contributed by atoms with Crippen LogP contribution in [0.1, 0.15) is 22.3 Å². The van der Waals surface area contributed by atoms with E-state index in [0.717, 1.165) is 11.8 Å². The fourth-order valence-corrected chi connectivity index (χ4v) is 4.04. The average molecular weight is 491 g/mol. The van der Waals surface area contributed by atoms with E-state index in [2.05, 4.69) is 10.6 Å². The van der Waals surface area contributed by atoms with Gasteiger partial charge in [-0.1, -0.05) is 41.4 Å². The Morgan fingerprint density at radius 2 is 1.66 bits per heavy atom. The molecule has 0 aliphatic heterocycles. The Bertz CT molecular complexity index is 1280. The van der Waals surface area contributed by atoms with Crippen LogP contribution in [-0.4, -0.2) is 26.5 Å². The van der Waals surface area contributed by atoms with Gasteiger partial charge in [-0.15, -0.1) is 0 Å². The minimum atomic E-state index is -3.43. The summed E-state index contributed by atoms with van der Waals surface area (Å²) in [5.41, 5.74) is 1.97. The van der Waals surface area contributed by atoms with Gasteiger partial charge in [-0.2, -0.15) is 0 Å². The Labute approximate surface area is 196 Å². The van der Waals surface area contributed by atoms with Crippen molar-refractivity contribution in [1.82, 2.24) is 0 Å². The molecule has 0 unspecified atom stereocenters. The van der Waals surface area contributed by atoms with Gasteiger partial charge in [0.2, 0.25) is 5.91 Å². The Hall–Kier alpha value is -2.87. The summed E-state index contributed by atoms with van der Waals surface area (Å²) in [6.07, 6.45) is 1.89. The van der Waals surface area contributed by atoms with Gasteiger partial charge in [0.25, 0.3) is 5.91 Å². The number of benzene rings is 3. The summed E-state index contributed by atoms with van der Waals surface area (Å²) in [6.45, 7) is 0. The van der Waals surface area contributed by atoms with Crippen molar-refractivity contribution in [1.29, 1.82) is 0 Å². The second-order valence-corrected chi connectivity index (χ2v) is 9.99. The zero-order valence-electron chi connectivity index (χ0n) is 17.1. The van der Waals surface area contributed by atoms with Crippen LogP contribution in [-0.2, 0) is 21.1 Å². The van der Waals surface area contributed by atoms with Gasteiger partial charge in [-0.3, -0.25) is 9.59 Å². The molecule has 3 rings (SSSR count). The third-order valence-electron chi connectivity index (χ3n) is 4.56. The first-order valence-electron chi connectivity index (χ1n) is 9.57. The lowest BCUT2D eigenvalue weighted by atomic mass is 10.1. The van der Waals surface area contributed by atoms with Crippen molar-refractivity contribution in [3.63, 3.8) is 0 Å².